The van der Waals surface area contributed by atoms with E-state index in [4.69, 9.17) is 0 Å². The minimum absolute atomic E-state index is 0.0423. The Hall–Kier alpha value is -0.820. The van der Waals surface area contributed by atoms with Gasteiger partial charge in [-0.15, -0.1) is 0 Å². The van der Waals surface area contributed by atoms with Crippen molar-refractivity contribution in [1.29, 1.82) is 0 Å². The van der Waals surface area contributed by atoms with E-state index in [1.807, 2.05) is 0 Å². The second-order valence-electron chi connectivity index (χ2n) is 3.80. The van der Waals surface area contributed by atoms with Gasteiger partial charge in [-0.2, -0.15) is 0 Å². The highest BCUT2D eigenvalue weighted by molar-refractivity contribution is 9.10. The molecule has 0 bridgehead atoms. The van der Waals surface area contributed by atoms with Crippen molar-refractivity contribution in [1.82, 2.24) is 10.3 Å². The number of halogens is 1. The van der Waals surface area contributed by atoms with Crippen LogP contribution in [-0.4, -0.2) is 36.9 Å². The lowest BCUT2D eigenvalue weighted by molar-refractivity contribution is 0.0936. The van der Waals surface area contributed by atoms with E-state index in [-0.39, 0.29) is 23.5 Å². The number of carbonyl (C=O) groups is 1. The molecule has 1 aromatic rings. The third kappa shape index (κ3) is 2.65. The maximum atomic E-state index is 11.7. The molecule has 0 spiro atoms. The van der Waals surface area contributed by atoms with Crippen LogP contribution in [0.25, 0.3) is 0 Å². The van der Waals surface area contributed by atoms with Crippen LogP contribution in [0.4, 0.5) is 0 Å². The van der Waals surface area contributed by atoms with Crippen LogP contribution >= 0.6 is 15.9 Å². The highest BCUT2D eigenvalue weighted by Crippen LogP contribution is 2.14. The van der Waals surface area contributed by atoms with Crippen LogP contribution in [0.3, 0.4) is 0 Å². The molecule has 1 aromatic heterocycles. The number of hydrogen-bond acceptors (Lipinski definition) is 3. The number of amides is 1. The maximum absolute atomic E-state index is 11.7. The van der Waals surface area contributed by atoms with Crippen molar-refractivity contribution in [2.45, 2.75) is 12.5 Å². The third-order valence-corrected chi connectivity index (χ3v) is 4.69. The van der Waals surface area contributed by atoms with Gasteiger partial charge < -0.3 is 10.3 Å². The summed E-state index contributed by atoms with van der Waals surface area (Å²) in [5.74, 6) is -0.0692. The molecule has 0 aliphatic carbocycles. The summed E-state index contributed by atoms with van der Waals surface area (Å²) < 4.78 is 23.2. The summed E-state index contributed by atoms with van der Waals surface area (Å²) in [6.07, 6.45) is 2.15. The molecule has 1 aliphatic heterocycles. The van der Waals surface area contributed by atoms with Gasteiger partial charge in [-0.05, 0) is 28.4 Å². The summed E-state index contributed by atoms with van der Waals surface area (Å²) in [5, 5.41) is 2.69. The average molecular weight is 307 g/mol. The molecule has 1 saturated heterocycles. The van der Waals surface area contributed by atoms with Crippen molar-refractivity contribution in [3.8, 4) is 0 Å². The lowest BCUT2D eigenvalue weighted by Gasteiger charge is -2.09. The topological polar surface area (TPSA) is 79.0 Å². The first-order chi connectivity index (χ1) is 7.46. The summed E-state index contributed by atoms with van der Waals surface area (Å²) in [6, 6.07) is 1.39. The number of sulfone groups is 1. The molecule has 1 fully saturated rings. The number of aromatic amines is 1. The lowest BCUT2D eigenvalue weighted by Crippen LogP contribution is -2.35. The molecule has 1 atom stereocenters. The Morgan fingerprint density at radius 2 is 2.31 bits per heavy atom. The number of rotatable bonds is 2. The van der Waals surface area contributed by atoms with Crippen LogP contribution in [0.2, 0.25) is 0 Å². The summed E-state index contributed by atoms with van der Waals surface area (Å²) in [6.45, 7) is 0. The van der Waals surface area contributed by atoms with Crippen LogP contribution in [0.5, 0.6) is 0 Å². The number of nitrogens with one attached hydrogen (secondary N) is 2. The van der Waals surface area contributed by atoms with Crippen molar-refractivity contribution < 1.29 is 13.2 Å². The predicted molar refractivity (Wildman–Crippen MR) is 63.0 cm³/mol. The van der Waals surface area contributed by atoms with Crippen LogP contribution in [0, 0.1) is 0 Å². The smallest absolute Gasteiger partial charge is 0.267 e. The van der Waals surface area contributed by atoms with Gasteiger partial charge in [0.2, 0.25) is 0 Å². The molecule has 0 aromatic carbocycles. The van der Waals surface area contributed by atoms with Crippen molar-refractivity contribution in [2.24, 2.45) is 0 Å². The molecular weight excluding hydrogens is 296 g/mol. The number of aromatic nitrogens is 1. The standard InChI is InChI=1S/C9H11BrN2O3S/c10-6-3-8(11-4-6)9(13)12-7-1-2-16(14,15)5-7/h3-4,7,11H,1-2,5H2,(H,12,13)/t7-/m0/s1. The Balaban J connectivity index is 1.99. The fourth-order valence-electron chi connectivity index (χ4n) is 1.67. The predicted octanol–water partition coefficient (Wildman–Crippen LogP) is 0.694. The first-order valence-corrected chi connectivity index (χ1v) is 7.43. The van der Waals surface area contributed by atoms with Gasteiger partial charge in [0.25, 0.3) is 5.91 Å². The van der Waals surface area contributed by atoms with Gasteiger partial charge in [0.15, 0.2) is 9.84 Å². The second-order valence-corrected chi connectivity index (χ2v) is 6.95. The normalized spacial score (nSPS) is 23.2. The Kier molecular flexibility index (Phi) is 3.07. The zero-order valence-corrected chi connectivity index (χ0v) is 10.8. The molecule has 2 N–H and O–H groups in total. The SMILES string of the molecule is O=C(N[C@H]1CCS(=O)(=O)C1)c1cc(Br)c[nH]1. The summed E-state index contributed by atoms with van der Waals surface area (Å²) in [7, 11) is -2.95. The quantitative estimate of drug-likeness (QED) is 0.844. The highest BCUT2D eigenvalue weighted by Gasteiger charge is 2.29. The molecule has 0 saturated carbocycles. The monoisotopic (exact) mass is 306 g/mol. The molecular formula is C9H11BrN2O3S. The zero-order valence-electron chi connectivity index (χ0n) is 8.36. The van der Waals surface area contributed by atoms with E-state index in [0.717, 1.165) is 4.47 Å². The van der Waals surface area contributed by atoms with E-state index in [2.05, 4.69) is 26.2 Å². The van der Waals surface area contributed by atoms with E-state index < -0.39 is 9.84 Å². The van der Waals surface area contributed by atoms with E-state index in [1.165, 1.54) is 0 Å². The molecule has 0 unspecified atom stereocenters. The largest absolute Gasteiger partial charge is 0.356 e. The second kappa shape index (κ2) is 4.21. The Morgan fingerprint density at radius 1 is 1.56 bits per heavy atom. The molecule has 5 nitrogen and oxygen atoms in total. The summed E-state index contributed by atoms with van der Waals surface area (Å²) in [5.41, 5.74) is 0.427. The summed E-state index contributed by atoms with van der Waals surface area (Å²) in [4.78, 5) is 14.5. The first-order valence-electron chi connectivity index (χ1n) is 4.81. The van der Waals surface area contributed by atoms with E-state index >= 15 is 0 Å². The number of carbonyl (C=O) groups excluding carboxylic acids is 1. The number of hydrogen-bond donors (Lipinski definition) is 2. The average Bonchev–Trinajstić information content (AvgIpc) is 2.73. The van der Waals surface area contributed by atoms with Crippen molar-refractivity contribution >= 4 is 31.7 Å². The Bertz CT molecular complexity index is 509. The highest BCUT2D eigenvalue weighted by atomic mass is 79.9. The van der Waals surface area contributed by atoms with Gasteiger partial charge in [0.05, 0.1) is 11.5 Å². The maximum Gasteiger partial charge on any atom is 0.267 e. The lowest BCUT2D eigenvalue weighted by atomic mass is 10.2. The first kappa shape index (κ1) is 11.7. The fourth-order valence-corrected chi connectivity index (χ4v) is 3.69. The molecule has 7 heteroatoms. The third-order valence-electron chi connectivity index (χ3n) is 2.46. The van der Waals surface area contributed by atoms with Gasteiger partial charge in [-0.25, -0.2) is 8.42 Å². The van der Waals surface area contributed by atoms with Crippen LogP contribution in [0.15, 0.2) is 16.7 Å². The van der Waals surface area contributed by atoms with Crippen molar-refractivity contribution in [3.05, 3.63) is 22.4 Å². The number of H-pyrrole nitrogens is 1. The summed E-state index contributed by atoms with van der Waals surface area (Å²) >= 11 is 3.22. The molecule has 2 heterocycles. The van der Waals surface area contributed by atoms with Crippen LogP contribution < -0.4 is 5.32 Å². The van der Waals surface area contributed by atoms with Gasteiger partial charge in [-0.3, -0.25) is 4.79 Å². The van der Waals surface area contributed by atoms with Crippen LogP contribution in [0.1, 0.15) is 16.9 Å². The molecule has 16 heavy (non-hydrogen) atoms. The van der Waals surface area contributed by atoms with Crippen LogP contribution in [-0.2, 0) is 9.84 Å². The van der Waals surface area contributed by atoms with E-state index in [9.17, 15) is 13.2 Å². The van der Waals surface area contributed by atoms with Gasteiger partial charge in [-0.1, -0.05) is 0 Å². The molecule has 1 amide bonds. The van der Waals surface area contributed by atoms with Crippen molar-refractivity contribution in [2.75, 3.05) is 11.5 Å². The fraction of sp³-hybridized carbons (Fsp3) is 0.444. The Labute approximate surface area is 102 Å². The van der Waals surface area contributed by atoms with Gasteiger partial charge >= 0.3 is 0 Å². The zero-order chi connectivity index (χ0) is 11.8. The Morgan fingerprint density at radius 3 is 2.81 bits per heavy atom. The van der Waals surface area contributed by atoms with Crippen molar-refractivity contribution in [3.63, 3.8) is 0 Å². The molecule has 88 valence electrons. The van der Waals surface area contributed by atoms with Gasteiger partial charge in [0.1, 0.15) is 5.69 Å². The molecule has 1 aliphatic rings. The minimum Gasteiger partial charge on any atom is -0.356 e. The molecule has 2 rings (SSSR count). The van der Waals surface area contributed by atoms with E-state index in [1.54, 1.807) is 12.3 Å². The molecule has 0 radical (unpaired) electrons. The minimum atomic E-state index is -2.95. The van der Waals surface area contributed by atoms with E-state index in [0.29, 0.717) is 12.1 Å². The van der Waals surface area contributed by atoms with Gasteiger partial charge in [0, 0.05) is 16.7 Å².